The topological polar surface area (TPSA) is 39.2 Å². The molecule has 0 N–H and O–H groups in total. The summed E-state index contributed by atoms with van der Waals surface area (Å²) < 4.78 is 29.5. The van der Waals surface area contributed by atoms with Gasteiger partial charge < -0.3 is 4.74 Å². The number of carbonyl (C=O) groups excluding carboxylic acids is 1. The van der Waals surface area contributed by atoms with Crippen LogP contribution in [0.2, 0.25) is 5.15 Å². The average Bonchev–Trinajstić information content (AvgIpc) is 2.27. The zero-order chi connectivity index (χ0) is 12.3. The minimum atomic E-state index is -2.73. The minimum absolute atomic E-state index is 0.0613. The molecular formula is C9H7BrClF2NO2. The largest absolute Gasteiger partial charge is 0.464 e. The fourth-order valence-corrected chi connectivity index (χ4v) is 1.73. The maximum atomic E-state index is 12.5. The van der Waals surface area contributed by atoms with E-state index < -0.39 is 18.0 Å². The SMILES string of the molecule is COC(=O)c1nc(Cl)c(C(F)F)cc1CBr. The van der Waals surface area contributed by atoms with Crippen molar-refractivity contribution in [3.8, 4) is 0 Å². The van der Waals surface area contributed by atoms with E-state index in [9.17, 15) is 13.6 Å². The van der Waals surface area contributed by atoms with Crippen LogP contribution in [-0.4, -0.2) is 18.1 Å². The second kappa shape index (κ2) is 5.54. The molecule has 1 heterocycles. The molecule has 7 heteroatoms. The monoisotopic (exact) mass is 313 g/mol. The summed E-state index contributed by atoms with van der Waals surface area (Å²) in [4.78, 5) is 14.9. The molecule has 0 aliphatic carbocycles. The summed E-state index contributed by atoms with van der Waals surface area (Å²) in [6.07, 6.45) is -2.73. The molecule has 88 valence electrons. The van der Waals surface area contributed by atoms with Crippen molar-refractivity contribution in [1.82, 2.24) is 4.98 Å². The minimum Gasteiger partial charge on any atom is -0.464 e. The number of nitrogens with zero attached hydrogens (tertiary/aromatic N) is 1. The lowest BCUT2D eigenvalue weighted by atomic mass is 10.1. The van der Waals surface area contributed by atoms with Gasteiger partial charge in [0, 0.05) is 5.33 Å². The molecule has 1 aromatic heterocycles. The zero-order valence-electron chi connectivity index (χ0n) is 8.14. The number of hydrogen-bond donors (Lipinski definition) is 0. The fourth-order valence-electron chi connectivity index (χ4n) is 1.08. The maximum absolute atomic E-state index is 12.5. The number of halogens is 4. The van der Waals surface area contributed by atoms with E-state index in [4.69, 9.17) is 11.6 Å². The molecule has 0 spiro atoms. The summed E-state index contributed by atoms with van der Waals surface area (Å²) in [5.74, 6) is -0.711. The van der Waals surface area contributed by atoms with E-state index in [0.29, 0.717) is 5.56 Å². The summed E-state index contributed by atoms with van der Waals surface area (Å²) in [7, 11) is 1.18. The van der Waals surface area contributed by atoms with Gasteiger partial charge in [-0.25, -0.2) is 18.6 Å². The second-order valence-electron chi connectivity index (χ2n) is 2.80. The number of esters is 1. The molecule has 1 rings (SSSR count). The predicted octanol–water partition coefficient (Wildman–Crippen LogP) is 3.35. The fraction of sp³-hybridized carbons (Fsp3) is 0.333. The molecule has 0 atom stereocenters. The third-order valence-electron chi connectivity index (χ3n) is 1.84. The highest BCUT2D eigenvalue weighted by Crippen LogP contribution is 2.28. The van der Waals surface area contributed by atoms with Crippen molar-refractivity contribution in [3.63, 3.8) is 0 Å². The standard InChI is InChI=1S/C9H7BrClF2NO2/c1-16-9(15)6-4(3-10)2-5(8(12)13)7(11)14-6/h2,8H,3H2,1H3. The first-order valence-electron chi connectivity index (χ1n) is 4.13. The van der Waals surface area contributed by atoms with Crippen molar-refractivity contribution in [3.05, 3.63) is 28.0 Å². The van der Waals surface area contributed by atoms with Crippen molar-refractivity contribution in [2.45, 2.75) is 11.8 Å². The summed E-state index contributed by atoms with van der Waals surface area (Å²) in [6, 6.07) is 1.14. The lowest BCUT2D eigenvalue weighted by molar-refractivity contribution is 0.0592. The van der Waals surface area contributed by atoms with Gasteiger partial charge in [0.25, 0.3) is 6.43 Å². The van der Waals surface area contributed by atoms with Crippen LogP contribution in [0.5, 0.6) is 0 Å². The van der Waals surface area contributed by atoms with Gasteiger partial charge in [-0.1, -0.05) is 27.5 Å². The lowest BCUT2D eigenvalue weighted by Crippen LogP contribution is -2.09. The van der Waals surface area contributed by atoms with E-state index >= 15 is 0 Å². The molecule has 0 aliphatic heterocycles. The average molecular weight is 315 g/mol. The number of hydrogen-bond acceptors (Lipinski definition) is 3. The van der Waals surface area contributed by atoms with E-state index in [0.717, 1.165) is 6.07 Å². The van der Waals surface area contributed by atoms with Gasteiger partial charge in [-0.05, 0) is 11.6 Å². The molecule has 0 saturated carbocycles. The number of pyridine rings is 1. The second-order valence-corrected chi connectivity index (χ2v) is 3.72. The van der Waals surface area contributed by atoms with E-state index in [1.807, 2.05) is 0 Å². The molecule has 0 aromatic carbocycles. The highest BCUT2D eigenvalue weighted by Gasteiger charge is 2.20. The first-order valence-corrected chi connectivity index (χ1v) is 5.63. The quantitative estimate of drug-likeness (QED) is 0.488. The van der Waals surface area contributed by atoms with Gasteiger partial charge in [-0.15, -0.1) is 0 Å². The molecule has 3 nitrogen and oxygen atoms in total. The Hall–Kier alpha value is -0.750. The number of aromatic nitrogens is 1. The van der Waals surface area contributed by atoms with Crippen LogP contribution in [-0.2, 0) is 10.1 Å². The molecule has 0 unspecified atom stereocenters. The van der Waals surface area contributed by atoms with Crippen molar-refractivity contribution in [2.24, 2.45) is 0 Å². The van der Waals surface area contributed by atoms with Crippen molar-refractivity contribution >= 4 is 33.5 Å². The predicted molar refractivity (Wildman–Crippen MR) is 58.2 cm³/mol. The van der Waals surface area contributed by atoms with E-state index in [-0.39, 0.29) is 16.2 Å². The highest BCUT2D eigenvalue weighted by atomic mass is 79.9. The van der Waals surface area contributed by atoms with E-state index in [2.05, 4.69) is 25.7 Å². The van der Waals surface area contributed by atoms with Crippen LogP contribution in [0.4, 0.5) is 8.78 Å². The van der Waals surface area contributed by atoms with Crippen LogP contribution in [0.25, 0.3) is 0 Å². The van der Waals surface area contributed by atoms with E-state index in [1.54, 1.807) is 0 Å². The van der Waals surface area contributed by atoms with Crippen molar-refractivity contribution in [2.75, 3.05) is 7.11 Å². The summed E-state index contributed by atoms with van der Waals surface area (Å²) in [5, 5.41) is -0.179. The van der Waals surface area contributed by atoms with Crippen molar-refractivity contribution < 1.29 is 18.3 Å². The Bertz CT molecular complexity index is 415. The van der Waals surface area contributed by atoms with Gasteiger partial charge in [0.2, 0.25) is 0 Å². The number of alkyl halides is 3. The third kappa shape index (κ3) is 2.68. The maximum Gasteiger partial charge on any atom is 0.357 e. The normalized spacial score (nSPS) is 10.6. The van der Waals surface area contributed by atoms with Gasteiger partial charge in [-0.2, -0.15) is 0 Å². The number of carbonyl (C=O) groups is 1. The summed E-state index contributed by atoms with van der Waals surface area (Å²) in [6.45, 7) is 0. The molecular weight excluding hydrogens is 307 g/mol. The third-order valence-corrected chi connectivity index (χ3v) is 2.75. The number of methoxy groups -OCH3 is 1. The van der Waals surface area contributed by atoms with Crippen LogP contribution >= 0.6 is 27.5 Å². The van der Waals surface area contributed by atoms with Crippen LogP contribution in [0.15, 0.2) is 6.07 Å². The molecule has 0 fully saturated rings. The first-order chi connectivity index (χ1) is 7.51. The van der Waals surface area contributed by atoms with Crippen molar-refractivity contribution in [1.29, 1.82) is 0 Å². The van der Waals surface area contributed by atoms with Gasteiger partial charge in [0.05, 0.1) is 12.7 Å². The summed E-state index contributed by atoms with van der Waals surface area (Å²) in [5.41, 5.74) is -0.149. The Morgan fingerprint density at radius 1 is 1.69 bits per heavy atom. The van der Waals surface area contributed by atoms with Gasteiger partial charge in [0.15, 0.2) is 5.69 Å². The van der Waals surface area contributed by atoms with Gasteiger partial charge in [0.1, 0.15) is 5.15 Å². The van der Waals surface area contributed by atoms with Gasteiger partial charge in [-0.3, -0.25) is 0 Å². The van der Waals surface area contributed by atoms with Crippen LogP contribution in [0, 0.1) is 0 Å². The molecule has 0 amide bonds. The molecule has 0 radical (unpaired) electrons. The van der Waals surface area contributed by atoms with Crippen LogP contribution < -0.4 is 0 Å². The molecule has 1 aromatic rings. The van der Waals surface area contributed by atoms with E-state index in [1.165, 1.54) is 7.11 Å². The molecule has 0 bridgehead atoms. The Balaban J connectivity index is 3.32. The Kier molecular flexibility index (Phi) is 4.61. The molecule has 0 aliphatic rings. The molecule has 16 heavy (non-hydrogen) atoms. The van der Waals surface area contributed by atoms with Crippen LogP contribution in [0.3, 0.4) is 0 Å². The number of ether oxygens (including phenoxy) is 1. The Labute approximate surface area is 104 Å². The van der Waals surface area contributed by atoms with Gasteiger partial charge >= 0.3 is 5.97 Å². The number of rotatable bonds is 3. The first kappa shape index (κ1) is 13.3. The zero-order valence-corrected chi connectivity index (χ0v) is 10.5. The molecule has 0 saturated heterocycles. The van der Waals surface area contributed by atoms with Crippen LogP contribution in [0.1, 0.15) is 28.0 Å². The summed E-state index contributed by atoms with van der Waals surface area (Å²) >= 11 is 8.62. The Morgan fingerprint density at radius 2 is 2.31 bits per heavy atom. The highest BCUT2D eigenvalue weighted by molar-refractivity contribution is 9.08. The Morgan fingerprint density at radius 3 is 2.75 bits per heavy atom. The lowest BCUT2D eigenvalue weighted by Gasteiger charge is -2.08. The smallest absolute Gasteiger partial charge is 0.357 e.